The molecule has 1 aliphatic rings. The summed E-state index contributed by atoms with van der Waals surface area (Å²) in [5.74, 6) is 0.164. The molecule has 4 nitrogen and oxygen atoms in total. The first-order valence-electron chi connectivity index (χ1n) is 5.89. The fourth-order valence-corrected chi connectivity index (χ4v) is 2.56. The molecule has 0 saturated carbocycles. The van der Waals surface area contributed by atoms with Crippen LogP contribution in [0.3, 0.4) is 0 Å². The Hall–Kier alpha value is -0.910. The first kappa shape index (κ1) is 12.5. The minimum absolute atomic E-state index is 0.164. The maximum absolute atomic E-state index is 11.9. The van der Waals surface area contributed by atoms with Gasteiger partial charge in [0.25, 0.3) is 0 Å². The third kappa shape index (κ3) is 3.52. The third-order valence-corrected chi connectivity index (χ3v) is 3.95. The first-order chi connectivity index (χ1) is 8.27. The molecular weight excluding hydrogens is 236 g/mol. The van der Waals surface area contributed by atoms with E-state index >= 15 is 0 Å². The maximum Gasteiger partial charge on any atom is 0.236 e. The molecule has 1 atom stereocenters. The Bertz CT molecular complexity index is 347. The topological polar surface area (TPSA) is 41.6 Å². The summed E-state index contributed by atoms with van der Waals surface area (Å²) in [5.41, 5.74) is 0. The van der Waals surface area contributed by atoms with Crippen LogP contribution in [0.15, 0.2) is 17.5 Å². The molecule has 17 heavy (non-hydrogen) atoms. The molecule has 1 aromatic rings. The van der Waals surface area contributed by atoms with Crippen molar-refractivity contribution in [2.24, 2.45) is 0 Å². The molecule has 1 amide bonds. The van der Waals surface area contributed by atoms with Crippen LogP contribution in [0.25, 0.3) is 0 Å². The predicted octanol–water partition coefficient (Wildman–Crippen LogP) is 1.26. The second-order valence-corrected chi connectivity index (χ2v) is 5.09. The number of thiophene rings is 1. The Labute approximate surface area is 106 Å². The van der Waals surface area contributed by atoms with Crippen molar-refractivity contribution < 1.29 is 9.53 Å². The van der Waals surface area contributed by atoms with Gasteiger partial charge in [-0.3, -0.25) is 4.79 Å². The number of rotatable bonds is 4. The molecule has 1 saturated heterocycles. The van der Waals surface area contributed by atoms with Crippen molar-refractivity contribution in [2.75, 3.05) is 32.8 Å². The average Bonchev–Trinajstić information content (AvgIpc) is 2.90. The van der Waals surface area contributed by atoms with E-state index in [0.717, 1.165) is 0 Å². The number of amides is 1. The molecule has 0 spiro atoms. The Balaban J connectivity index is 1.75. The van der Waals surface area contributed by atoms with Gasteiger partial charge in [-0.15, -0.1) is 11.3 Å². The Morgan fingerprint density at radius 2 is 2.35 bits per heavy atom. The number of nitrogens with zero attached hydrogens (tertiary/aromatic N) is 1. The van der Waals surface area contributed by atoms with Gasteiger partial charge < -0.3 is 15.0 Å². The maximum atomic E-state index is 11.9. The molecule has 2 heterocycles. The Morgan fingerprint density at radius 3 is 3.00 bits per heavy atom. The highest BCUT2D eigenvalue weighted by Crippen LogP contribution is 2.17. The van der Waals surface area contributed by atoms with E-state index in [9.17, 15) is 4.79 Å². The van der Waals surface area contributed by atoms with Crippen molar-refractivity contribution in [1.29, 1.82) is 0 Å². The van der Waals surface area contributed by atoms with Crippen molar-refractivity contribution in [3.63, 3.8) is 0 Å². The highest BCUT2D eigenvalue weighted by atomic mass is 32.1. The number of morpholine rings is 1. The van der Waals surface area contributed by atoms with Gasteiger partial charge in [0.1, 0.15) is 0 Å². The molecular formula is C12H18N2O2S. The number of hydrogen-bond donors (Lipinski definition) is 1. The van der Waals surface area contributed by atoms with Crippen LogP contribution in [0.5, 0.6) is 0 Å². The molecule has 1 fully saturated rings. The first-order valence-corrected chi connectivity index (χ1v) is 6.77. The molecule has 0 aromatic carbocycles. The van der Waals surface area contributed by atoms with E-state index in [1.54, 1.807) is 11.3 Å². The van der Waals surface area contributed by atoms with E-state index in [1.807, 2.05) is 11.0 Å². The van der Waals surface area contributed by atoms with Gasteiger partial charge in [0.05, 0.1) is 19.8 Å². The predicted molar refractivity (Wildman–Crippen MR) is 68.1 cm³/mol. The van der Waals surface area contributed by atoms with E-state index in [2.05, 4.69) is 23.7 Å². The van der Waals surface area contributed by atoms with Crippen LogP contribution in [0, 0.1) is 0 Å². The van der Waals surface area contributed by atoms with Gasteiger partial charge in [0, 0.05) is 24.0 Å². The summed E-state index contributed by atoms with van der Waals surface area (Å²) in [6.07, 6.45) is 0. The van der Waals surface area contributed by atoms with Crippen LogP contribution in [-0.2, 0) is 9.53 Å². The van der Waals surface area contributed by atoms with E-state index < -0.39 is 0 Å². The summed E-state index contributed by atoms with van der Waals surface area (Å²) in [7, 11) is 0. The summed E-state index contributed by atoms with van der Waals surface area (Å²) >= 11 is 1.71. The lowest BCUT2D eigenvalue weighted by Crippen LogP contribution is -2.44. The summed E-state index contributed by atoms with van der Waals surface area (Å²) in [6, 6.07) is 4.35. The SMILES string of the molecule is C[C@H](NCC(=O)N1CCOCC1)c1cccs1. The van der Waals surface area contributed by atoms with Gasteiger partial charge in [-0.1, -0.05) is 6.07 Å². The van der Waals surface area contributed by atoms with Gasteiger partial charge in [0.15, 0.2) is 0 Å². The van der Waals surface area contributed by atoms with E-state index in [1.165, 1.54) is 4.88 Å². The number of carbonyl (C=O) groups excluding carboxylic acids is 1. The van der Waals surface area contributed by atoms with Crippen LogP contribution < -0.4 is 5.32 Å². The molecule has 0 unspecified atom stereocenters. The van der Waals surface area contributed by atoms with Crippen molar-refractivity contribution in [1.82, 2.24) is 10.2 Å². The van der Waals surface area contributed by atoms with Crippen molar-refractivity contribution in [2.45, 2.75) is 13.0 Å². The van der Waals surface area contributed by atoms with Crippen LogP contribution in [0.1, 0.15) is 17.8 Å². The van der Waals surface area contributed by atoms with Gasteiger partial charge in [-0.25, -0.2) is 0 Å². The van der Waals surface area contributed by atoms with Crippen molar-refractivity contribution in [3.05, 3.63) is 22.4 Å². The Morgan fingerprint density at radius 1 is 1.59 bits per heavy atom. The van der Waals surface area contributed by atoms with Crippen molar-refractivity contribution >= 4 is 17.2 Å². The summed E-state index contributed by atoms with van der Waals surface area (Å²) in [6.45, 7) is 5.23. The largest absolute Gasteiger partial charge is 0.378 e. The van der Waals surface area contributed by atoms with Crippen LogP contribution in [0.4, 0.5) is 0 Å². The Kier molecular flexibility index (Phi) is 4.53. The highest BCUT2D eigenvalue weighted by Gasteiger charge is 2.17. The number of hydrogen-bond acceptors (Lipinski definition) is 4. The number of carbonyl (C=O) groups is 1. The molecule has 0 bridgehead atoms. The normalized spacial score (nSPS) is 18.1. The fourth-order valence-electron chi connectivity index (χ4n) is 1.80. The molecule has 1 aliphatic heterocycles. The van der Waals surface area contributed by atoms with Gasteiger partial charge >= 0.3 is 0 Å². The molecule has 5 heteroatoms. The fraction of sp³-hybridized carbons (Fsp3) is 0.583. The molecule has 1 N–H and O–H groups in total. The lowest BCUT2D eigenvalue weighted by atomic mass is 10.2. The molecule has 0 radical (unpaired) electrons. The summed E-state index contributed by atoms with van der Waals surface area (Å²) in [4.78, 5) is 15.0. The van der Waals surface area contributed by atoms with Gasteiger partial charge in [-0.2, -0.15) is 0 Å². The van der Waals surface area contributed by atoms with Crippen LogP contribution >= 0.6 is 11.3 Å². The average molecular weight is 254 g/mol. The van der Waals surface area contributed by atoms with E-state index in [4.69, 9.17) is 4.74 Å². The summed E-state index contributed by atoms with van der Waals surface area (Å²) < 4.78 is 5.22. The zero-order valence-electron chi connectivity index (χ0n) is 10.0. The van der Waals surface area contributed by atoms with E-state index in [-0.39, 0.29) is 11.9 Å². The molecule has 2 rings (SSSR count). The second kappa shape index (κ2) is 6.14. The molecule has 0 aliphatic carbocycles. The van der Waals surface area contributed by atoms with Gasteiger partial charge in [0.2, 0.25) is 5.91 Å². The molecule has 94 valence electrons. The second-order valence-electron chi connectivity index (χ2n) is 4.11. The van der Waals surface area contributed by atoms with Crippen LogP contribution in [0.2, 0.25) is 0 Å². The number of nitrogens with one attached hydrogen (secondary N) is 1. The van der Waals surface area contributed by atoms with E-state index in [0.29, 0.717) is 32.8 Å². The smallest absolute Gasteiger partial charge is 0.236 e. The minimum atomic E-state index is 0.164. The zero-order valence-corrected chi connectivity index (χ0v) is 10.8. The monoisotopic (exact) mass is 254 g/mol. The minimum Gasteiger partial charge on any atom is -0.378 e. The molecule has 1 aromatic heterocycles. The quantitative estimate of drug-likeness (QED) is 0.879. The lowest BCUT2D eigenvalue weighted by Gasteiger charge is -2.27. The zero-order chi connectivity index (χ0) is 12.1. The number of ether oxygens (including phenoxy) is 1. The summed E-state index contributed by atoms with van der Waals surface area (Å²) in [5, 5.41) is 5.31. The van der Waals surface area contributed by atoms with Gasteiger partial charge in [-0.05, 0) is 18.4 Å². The third-order valence-electron chi connectivity index (χ3n) is 2.89. The lowest BCUT2D eigenvalue weighted by molar-refractivity contribution is -0.134. The van der Waals surface area contributed by atoms with Crippen molar-refractivity contribution in [3.8, 4) is 0 Å². The highest BCUT2D eigenvalue weighted by molar-refractivity contribution is 7.10. The van der Waals surface area contributed by atoms with Crippen LogP contribution in [-0.4, -0.2) is 43.7 Å². The standard InChI is InChI=1S/C12H18N2O2S/c1-10(11-3-2-8-17-11)13-9-12(15)14-4-6-16-7-5-14/h2-3,8,10,13H,4-7,9H2,1H3/t10-/m0/s1.